The number of carbonyl (C=O) groups is 2. The van der Waals surface area contributed by atoms with E-state index in [2.05, 4.69) is 4.98 Å². The molecule has 2 atom stereocenters. The molecule has 0 radical (unpaired) electrons. The first-order valence-corrected chi connectivity index (χ1v) is 15.0. The molecule has 13 heteroatoms. The summed E-state index contributed by atoms with van der Waals surface area (Å²) < 4.78 is 57.7. The van der Waals surface area contributed by atoms with E-state index in [4.69, 9.17) is 27.9 Å². The maximum Gasteiger partial charge on any atom is 0.417 e. The molecular formula is C31H30Cl2F4N4O3. The lowest BCUT2D eigenvalue weighted by Crippen LogP contribution is -2.47. The summed E-state index contributed by atoms with van der Waals surface area (Å²) in [5, 5.41) is 0.740. The number of hydrogen-bond acceptors (Lipinski definition) is 5. The fourth-order valence-electron chi connectivity index (χ4n) is 5.87. The van der Waals surface area contributed by atoms with Crippen LogP contribution in [0.5, 0.6) is 5.75 Å². The van der Waals surface area contributed by atoms with Gasteiger partial charge in [-0.2, -0.15) is 13.2 Å². The first-order valence-electron chi connectivity index (χ1n) is 14.2. The van der Waals surface area contributed by atoms with Crippen molar-refractivity contribution in [1.82, 2.24) is 14.8 Å². The largest absolute Gasteiger partial charge is 0.417 e. The Kier molecular flexibility index (Phi) is 9.55. The molecule has 2 saturated heterocycles. The predicted molar refractivity (Wildman–Crippen MR) is 159 cm³/mol. The maximum atomic E-state index is 13.8. The number of piperidine rings is 1. The van der Waals surface area contributed by atoms with Crippen molar-refractivity contribution in [2.45, 2.75) is 37.9 Å². The van der Waals surface area contributed by atoms with Gasteiger partial charge in [0, 0.05) is 50.8 Å². The van der Waals surface area contributed by atoms with Crippen molar-refractivity contribution in [2.75, 3.05) is 37.6 Å². The van der Waals surface area contributed by atoms with Crippen LogP contribution in [-0.2, 0) is 11.0 Å². The molecule has 3 aromatic rings. The second-order valence-corrected chi connectivity index (χ2v) is 11.7. The van der Waals surface area contributed by atoms with Crippen LogP contribution in [-0.4, -0.2) is 65.5 Å². The van der Waals surface area contributed by atoms with Gasteiger partial charge in [0.2, 0.25) is 5.91 Å². The van der Waals surface area contributed by atoms with Gasteiger partial charge in [-0.15, -0.1) is 0 Å². The molecule has 0 N–H and O–H groups in total. The van der Waals surface area contributed by atoms with Crippen molar-refractivity contribution >= 4 is 41.0 Å². The average molecular weight is 654 g/mol. The van der Waals surface area contributed by atoms with Gasteiger partial charge in [-0.1, -0.05) is 29.3 Å². The molecule has 2 amide bonds. The molecular weight excluding hydrogens is 623 g/mol. The molecule has 2 aliphatic heterocycles. The molecule has 5 rings (SSSR count). The van der Waals surface area contributed by atoms with Crippen molar-refractivity contribution < 1.29 is 31.9 Å². The van der Waals surface area contributed by atoms with Crippen LogP contribution in [0.1, 0.15) is 36.8 Å². The topological polar surface area (TPSA) is 66.0 Å². The van der Waals surface area contributed by atoms with Gasteiger partial charge in [-0.3, -0.25) is 4.79 Å². The predicted octanol–water partition coefficient (Wildman–Crippen LogP) is 7.28. The highest BCUT2D eigenvalue weighted by molar-refractivity contribution is 6.42. The van der Waals surface area contributed by atoms with Crippen LogP contribution in [0.3, 0.4) is 0 Å². The zero-order chi connectivity index (χ0) is 31.6. The Bertz CT molecular complexity index is 1480. The third-order valence-corrected chi connectivity index (χ3v) is 8.95. The lowest BCUT2D eigenvalue weighted by atomic mass is 9.93. The number of likely N-dealkylation sites (N-methyl/N-ethyl adjacent to an activating group) is 1. The molecule has 0 unspecified atom stereocenters. The molecule has 0 aliphatic carbocycles. The summed E-state index contributed by atoms with van der Waals surface area (Å²) in [5.41, 5.74) is 0.00466. The van der Waals surface area contributed by atoms with E-state index in [0.29, 0.717) is 54.9 Å². The zero-order valence-electron chi connectivity index (χ0n) is 23.7. The summed E-state index contributed by atoms with van der Waals surface area (Å²) >= 11 is 12.5. The summed E-state index contributed by atoms with van der Waals surface area (Å²) in [6, 6.07) is 12.3. The van der Waals surface area contributed by atoms with Crippen molar-refractivity contribution in [3.8, 4) is 5.75 Å². The number of likely N-dealkylation sites (tertiary alicyclic amines) is 1. The van der Waals surface area contributed by atoms with E-state index in [-0.39, 0.29) is 30.0 Å². The van der Waals surface area contributed by atoms with E-state index >= 15 is 0 Å². The van der Waals surface area contributed by atoms with Crippen LogP contribution in [0.25, 0.3) is 0 Å². The molecule has 0 spiro atoms. The Balaban J connectivity index is 1.30. The smallest absolute Gasteiger partial charge is 0.410 e. The Morgan fingerprint density at radius 3 is 2.30 bits per heavy atom. The summed E-state index contributed by atoms with van der Waals surface area (Å²) in [7, 11) is 0. The fourth-order valence-corrected chi connectivity index (χ4v) is 6.18. The van der Waals surface area contributed by atoms with E-state index in [1.54, 1.807) is 21.9 Å². The highest BCUT2D eigenvalue weighted by Gasteiger charge is 2.43. The number of alkyl halides is 3. The van der Waals surface area contributed by atoms with Gasteiger partial charge in [0.15, 0.2) is 0 Å². The van der Waals surface area contributed by atoms with Gasteiger partial charge in [0.05, 0.1) is 21.7 Å². The van der Waals surface area contributed by atoms with Crippen molar-refractivity contribution in [3.05, 3.63) is 87.8 Å². The SMILES string of the molecule is CCN(C(=O)Oc1ccc(F)cc1)[C@@H]1CN(C(=O)C2CCN(c3ccc(C(F)(F)F)cn3)CC2)C[C@H]1c1ccc(Cl)c(Cl)c1. The number of pyridine rings is 1. The second kappa shape index (κ2) is 13.2. The molecule has 2 fully saturated rings. The minimum absolute atomic E-state index is 0.0551. The molecule has 7 nitrogen and oxygen atoms in total. The fraction of sp³-hybridized carbons (Fsp3) is 0.387. The minimum atomic E-state index is -4.46. The monoisotopic (exact) mass is 652 g/mol. The quantitative estimate of drug-likeness (QED) is 0.262. The van der Waals surface area contributed by atoms with E-state index in [1.165, 1.54) is 30.3 Å². The van der Waals surface area contributed by atoms with Crippen molar-refractivity contribution in [1.29, 1.82) is 0 Å². The molecule has 2 aliphatic rings. The van der Waals surface area contributed by atoms with Crippen LogP contribution >= 0.6 is 23.2 Å². The third-order valence-electron chi connectivity index (χ3n) is 8.21. The number of benzene rings is 2. The lowest BCUT2D eigenvalue weighted by molar-refractivity contribution is -0.138. The number of amides is 2. The minimum Gasteiger partial charge on any atom is -0.410 e. The number of carbonyl (C=O) groups excluding carboxylic acids is 2. The van der Waals surface area contributed by atoms with Gasteiger partial charge in [0.25, 0.3) is 0 Å². The van der Waals surface area contributed by atoms with Gasteiger partial charge >= 0.3 is 12.3 Å². The molecule has 3 heterocycles. The third kappa shape index (κ3) is 7.04. The van der Waals surface area contributed by atoms with E-state index in [0.717, 1.165) is 17.8 Å². The highest BCUT2D eigenvalue weighted by atomic mass is 35.5. The molecule has 0 saturated carbocycles. The Morgan fingerprint density at radius 2 is 1.70 bits per heavy atom. The maximum absolute atomic E-state index is 13.8. The van der Waals surface area contributed by atoms with Gasteiger partial charge < -0.3 is 19.4 Å². The Hall–Kier alpha value is -3.57. The van der Waals surface area contributed by atoms with E-state index in [1.807, 2.05) is 17.9 Å². The highest BCUT2D eigenvalue weighted by Crippen LogP contribution is 2.37. The summed E-state index contributed by atoms with van der Waals surface area (Å²) in [4.78, 5) is 36.3. The van der Waals surface area contributed by atoms with Crippen LogP contribution in [0.4, 0.5) is 28.2 Å². The number of ether oxygens (including phenoxy) is 1. The number of halogens is 6. The van der Waals surface area contributed by atoms with Gasteiger partial charge in [0.1, 0.15) is 17.4 Å². The molecule has 44 heavy (non-hydrogen) atoms. The molecule has 1 aromatic heterocycles. The number of aromatic nitrogens is 1. The summed E-state index contributed by atoms with van der Waals surface area (Å²) in [6.07, 6.45) is -3.26. The number of hydrogen-bond donors (Lipinski definition) is 0. The van der Waals surface area contributed by atoms with Crippen LogP contribution in [0.2, 0.25) is 10.0 Å². The van der Waals surface area contributed by atoms with Gasteiger partial charge in [-0.05, 0) is 73.9 Å². The normalized spacial score (nSPS) is 19.2. The average Bonchev–Trinajstić information content (AvgIpc) is 3.44. The molecule has 2 aromatic carbocycles. The van der Waals surface area contributed by atoms with Crippen LogP contribution in [0.15, 0.2) is 60.8 Å². The van der Waals surface area contributed by atoms with Crippen molar-refractivity contribution in [3.63, 3.8) is 0 Å². The number of anilines is 1. The first kappa shape index (κ1) is 31.8. The number of rotatable bonds is 6. The number of nitrogens with zero attached hydrogens (tertiary/aromatic N) is 4. The Morgan fingerprint density at radius 1 is 1.00 bits per heavy atom. The summed E-state index contributed by atoms with van der Waals surface area (Å²) in [6.45, 7) is 3.64. The molecule has 0 bridgehead atoms. The molecule has 234 valence electrons. The Labute approximate surface area is 262 Å². The van der Waals surface area contributed by atoms with E-state index in [9.17, 15) is 27.2 Å². The second-order valence-electron chi connectivity index (χ2n) is 10.9. The van der Waals surface area contributed by atoms with Crippen LogP contribution < -0.4 is 9.64 Å². The van der Waals surface area contributed by atoms with E-state index < -0.39 is 29.7 Å². The lowest BCUT2D eigenvalue weighted by Gasteiger charge is -2.34. The van der Waals surface area contributed by atoms with Crippen molar-refractivity contribution in [2.24, 2.45) is 5.92 Å². The summed E-state index contributed by atoms with van der Waals surface area (Å²) in [5.74, 6) is -0.464. The van der Waals surface area contributed by atoms with Gasteiger partial charge in [-0.25, -0.2) is 14.2 Å². The standard InChI is InChI=1S/C31H30Cl2F4N4O3/c1-2-41(30(43)44-23-7-5-22(34)6-8-23)27-18-40(17-24(27)20-3-9-25(32)26(33)15-20)29(42)19-11-13-39(14-12-19)28-10-4-21(16-38-28)31(35,36)37/h3-10,15-16,19,24,27H,2,11-14,17-18H2,1H3/t24-,27+/m0/s1. The zero-order valence-corrected chi connectivity index (χ0v) is 25.2. The van der Waals surface area contributed by atoms with Crippen LogP contribution in [0, 0.1) is 11.7 Å². The first-order chi connectivity index (χ1) is 20.9.